The van der Waals surface area contributed by atoms with Gasteiger partial charge in [-0.3, -0.25) is 4.79 Å². The summed E-state index contributed by atoms with van der Waals surface area (Å²) in [5, 5.41) is 6.76. The molecule has 2 N–H and O–H groups in total. The minimum Gasteiger partial charge on any atom is -0.325 e. The standard InChI is InChI=1S/C13H17ClN2OS/c14-10-2-1-3-12(8-10)16-13(17)9-15-11-4-6-18-7-5-11/h1-3,8,11,15H,4-7,9H2,(H,16,17). The van der Waals surface area contributed by atoms with E-state index in [0.717, 1.165) is 18.5 Å². The number of anilines is 1. The summed E-state index contributed by atoms with van der Waals surface area (Å²) in [6.45, 7) is 0.363. The second-order valence-electron chi connectivity index (χ2n) is 4.33. The molecule has 0 spiro atoms. The third-order valence-corrected chi connectivity index (χ3v) is 4.16. The Bertz CT molecular complexity index is 408. The summed E-state index contributed by atoms with van der Waals surface area (Å²) in [4.78, 5) is 11.7. The second-order valence-corrected chi connectivity index (χ2v) is 5.99. The van der Waals surface area contributed by atoms with Crippen LogP contribution in [0.5, 0.6) is 0 Å². The zero-order valence-corrected chi connectivity index (χ0v) is 11.7. The van der Waals surface area contributed by atoms with E-state index in [1.54, 1.807) is 12.1 Å². The van der Waals surface area contributed by atoms with E-state index in [2.05, 4.69) is 10.6 Å². The Morgan fingerprint density at radius 2 is 2.17 bits per heavy atom. The van der Waals surface area contributed by atoms with Gasteiger partial charge in [0, 0.05) is 16.8 Å². The average Bonchev–Trinajstić information content (AvgIpc) is 2.38. The topological polar surface area (TPSA) is 41.1 Å². The van der Waals surface area contributed by atoms with Crippen LogP contribution in [0.4, 0.5) is 5.69 Å². The van der Waals surface area contributed by atoms with Crippen LogP contribution in [0.1, 0.15) is 12.8 Å². The fraction of sp³-hybridized carbons (Fsp3) is 0.462. The van der Waals surface area contributed by atoms with E-state index in [-0.39, 0.29) is 5.91 Å². The maximum Gasteiger partial charge on any atom is 0.238 e. The van der Waals surface area contributed by atoms with Crippen LogP contribution >= 0.6 is 23.4 Å². The van der Waals surface area contributed by atoms with Gasteiger partial charge in [0.05, 0.1) is 6.54 Å². The molecule has 1 aromatic carbocycles. The van der Waals surface area contributed by atoms with Crippen LogP contribution in [-0.2, 0) is 4.79 Å². The summed E-state index contributed by atoms with van der Waals surface area (Å²) in [5.74, 6) is 2.36. The van der Waals surface area contributed by atoms with Crippen molar-refractivity contribution in [1.82, 2.24) is 5.32 Å². The van der Waals surface area contributed by atoms with Gasteiger partial charge in [-0.25, -0.2) is 0 Å². The molecule has 1 saturated heterocycles. The summed E-state index contributed by atoms with van der Waals surface area (Å²) in [5.41, 5.74) is 0.744. The van der Waals surface area contributed by atoms with Gasteiger partial charge in [-0.2, -0.15) is 11.8 Å². The van der Waals surface area contributed by atoms with Crippen molar-refractivity contribution in [2.24, 2.45) is 0 Å². The number of rotatable bonds is 4. The Morgan fingerprint density at radius 1 is 1.39 bits per heavy atom. The first kappa shape index (κ1) is 13.7. The highest BCUT2D eigenvalue weighted by Gasteiger charge is 2.14. The maximum atomic E-state index is 11.7. The molecule has 0 aromatic heterocycles. The third-order valence-electron chi connectivity index (χ3n) is 2.88. The lowest BCUT2D eigenvalue weighted by Crippen LogP contribution is -2.38. The van der Waals surface area contributed by atoms with Crippen molar-refractivity contribution >= 4 is 35.0 Å². The lowest BCUT2D eigenvalue weighted by atomic mass is 10.1. The Kier molecular flexibility index (Phi) is 5.35. The predicted octanol–water partition coefficient (Wildman–Crippen LogP) is 2.76. The first-order chi connectivity index (χ1) is 8.74. The summed E-state index contributed by atoms with van der Waals surface area (Å²) in [6.07, 6.45) is 2.30. The maximum absolute atomic E-state index is 11.7. The molecule has 5 heteroatoms. The van der Waals surface area contributed by atoms with E-state index in [4.69, 9.17) is 11.6 Å². The molecule has 0 radical (unpaired) electrons. The molecule has 0 atom stereocenters. The summed E-state index contributed by atoms with van der Waals surface area (Å²) < 4.78 is 0. The number of thioether (sulfide) groups is 1. The number of halogens is 1. The van der Waals surface area contributed by atoms with Gasteiger partial charge in [-0.1, -0.05) is 17.7 Å². The largest absolute Gasteiger partial charge is 0.325 e. The fourth-order valence-electron chi connectivity index (χ4n) is 1.91. The van der Waals surface area contributed by atoms with Gasteiger partial charge in [0.2, 0.25) is 5.91 Å². The van der Waals surface area contributed by atoms with Gasteiger partial charge in [0.25, 0.3) is 0 Å². The van der Waals surface area contributed by atoms with E-state index in [9.17, 15) is 4.79 Å². The molecule has 1 aromatic rings. The fourth-order valence-corrected chi connectivity index (χ4v) is 3.21. The second kappa shape index (κ2) is 7.02. The Morgan fingerprint density at radius 3 is 2.89 bits per heavy atom. The van der Waals surface area contributed by atoms with Gasteiger partial charge in [-0.15, -0.1) is 0 Å². The van der Waals surface area contributed by atoms with Crippen molar-refractivity contribution in [1.29, 1.82) is 0 Å². The quantitative estimate of drug-likeness (QED) is 0.893. The number of carbonyl (C=O) groups is 1. The number of carbonyl (C=O) groups excluding carboxylic acids is 1. The Balaban J connectivity index is 1.74. The predicted molar refractivity (Wildman–Crippen MR) is 78.4 cm³/mol. The molecule has 0 saturated carbocycles. The summed E-state index contributed by atoms with van der Waals surface area (Å²) >= 11 is 7.84. The van der Waals surface area contributed by atoms with Crippen molar-refractivity contribution in [3.63, 3.8) is 0 Å². The van der Waals surface area contributed by atoms with Crippen LogP contribution in [-0.4, -0.2) is 30.0 Å². The highest BCUT2D eigenvalue weighted by molar-refractivity contribution is 7.99. The first-order valence-corrected chi connectivity index (χ1v) is 7.64. The van der Waals surface area contributed by atoms with Crippen molar-refractivity contribution < 1.29 is 4.79 Å². The number of nitrogens with one attached hydrogen (secondary N) is 2. The van der Waals surface area contributed by atoms with Crippen molar-refractivity contribution in [2.45, 2.75) is 18.9 Å². The highest BCUT2D eigenvalue weighted by Crippen LogP contribution is 2.17. The van der Waals surface area contributed by atoms with Crippen molar-refractivity contribution in [3.8, 4) is 0 Å². The lowest BCUT2D eigenvalue weighted by Gasteiger charge is -2.22. The van der Waals surface area contributed by atoms with Gasteiger partial charge in [0.1, 0.15) is 0 Å². The van der Waals surface area contributed by atoms with Crippen LogP contribution in [0.3, 0.4) is 0 Å². The normalized spacial score (nSPS) is 16.5. The van der Waals surface area contributed by atoms with E-state index < -0.39 is 0 Å². The van der Waals surface area contributed by atoms with E-state index in [0.29, 0.717) is 17.6 Å². The summed E-state index contributed by atoms with van der Waals surface area (Å²) in [7, 11) is 0. The number of benzene rings is 1. The SMILES string of the molecule is O=C(CNC1CCSCC1)Nc1cccc(Cl)c1. The Hall–Kier alpha value is -0.710. The van der Waals surface area contributed by atoms with E-state index in [1.165, 1.54) is 11.5 Å². The number of amides is 1. The molecular formula is C13H17ClN2OS. The van der Waals surface area contributed by atoms with Gasteiger partial charge in [0.15, 0.2) is 0 Å². The van der Waals surface area contributed by atoms with Crippen molar-refractivity contribution in [3.05, 3.63) is 29.3 Å². The van der Waals surface area contributed by atoms with Crippen LogP contribution in [0.15, 0.2) is 24.3 Å². The zero-order chi connectivity index (χ0) is 12.8. The molecule has 0 unspecified atom stereocenters. The van der Waals surface area contributed by atoms with E-state index >= 15 is 0 Å². The van der Waals surface area contributed by atoms with Gasteiger partial charge in [-0.05, 0) is 42.5 Å². The number of hydrogen-bond acceptors (Lipinski definition) is 3. The molecule has 0 aliphatic carbocycles. The van der Waals surface area contributed by atoms with Crippen LogP contribution < -0.4 is 10.6 Å². The van der Waals surface area contributed by atoms with Crippen LogP contribution in [0, 0.1) is 0 Å². The molecule has 18 heavy (non-hydrogen) atoms. The summed E-state index contributed by atoms with van der Waals surface area (Å²) in [6, 6.07) is 7.67. The van der Waals surface area contributed by atoms with Crippen molar-refractivity contribution in [2.75, 3.05) is 23.4 Å². The first-order valence-electron chi connectivity index (χ1n) is 6.10. The smallest absolute Gasteiger partial charge is 0.238 e. The number of hydrogen-bond donors (Lipinski definition) is 2. The average molecular weight is 285 g/mol. The molecule has 1 fully saturated rings. The minimum atomic E-state index is -0.0181. The van der Waals surface area contributed by atoms with Crippen LogP contribution in [0.25, 0.3) is 0 Å². The molecule has 1 aliphatic heterocycles. The lowest BCUT2D eigenvalue weighted by molar-refractivity contribution is -0.115. The Labute approximate surface area is 117 Å². The molecule has 1 heterocycles. The molecule has 98 valence electrons. The monoisotopic (exact) mass is 284 g/mol. The molecular weight excluding hydrogens is 268 g/mol. The molecule has 2 rings (SSSR count). The zero-order valence-electron chi connectivity index (χ0n) is 10.1. The molecule has 3 nitrogen and oxygen atoms in total. The van der Waals surface area contributed by atoms with E-state index in [1.807, 2.05) is 23.9 Å². The minimum absolute atomic E-state index is 0.0181. The molecule has 1 amide bonds. The van der Waals surface area contributed by atoms with Gasteiger partial charge >= 0.3 is 0 Å². The molecule has 1 aliphatic rings. The molecule has 0 bridgehead atoms. The van der Waals surface area contributed by atoms with Crippen LogP contribution in [0.2, 0.25) is 5.02 Å². The third kappa shape index (κ3) is 4.52. The van der Waals surface area contributed by atoms with Gasteiger partial charge < -0.3 is 10.6 Å². The highest BCUT2D eigenvalue weighted by atomic mass is 35.5.